The number of aromatic nitrogens is 2. The molecule has 1 aromatic heterocycles. The maximum absolute atomic E-state index is 12.8. The molecule has 0 spiro atoms. The molecule has 0 unspecified atom stereocenters. The van der Waals surface area contributed by atoms with E-state index in [0.29, 0.717) is 51.2 Å². The van der Waals surface area contributed by atoms with Crippen LogP contribution < -0.4 is 20.3 Å². The monoisotopic (exact) mass is 473 g/mol. The number of rotatable bonds is 7. The number of carbonyl (C=O) groups is 2. The molecule has 0 saturated heterocycles. The Balaban J connectivity index is 1.59. The second kappa shape index (κ2) is 10.1. The van der Waals surface area contributed by atoms with Crippen molar-refractivity contribution in [3.8, 4) is 11.5 Å². The van der Waals surface area contributed by atoms with Crippen molar-refractivity contribution in [2.75, 3.05) is 26.6 Å². The number of anilines is 1. The lowest BCUT2D eigenvalue weighted by Gasteiger charge is -2.11. The van der Waals surface area contributed by atoms with Crippen molar-refractivity contribution in [2.45, 2.75) is 6.42 Å². The van der Waals surface area contributed by atoms with Gasteiger partial charge < -0.3 is 19.5 Å². The van der Waals surface area contributed by atoms with Crippen LogP contribution in [-0.2, 0) is 11.2 Å². The summed E-state index contributed by atoms with van der Waals surface area (Å²) in [4.78, 5) is 36.9. The molecule has 0 aliphatic heterocycles. The number of nitrogens with one attached hydrogen (secondary N) is 2. The summed E-state index contributed by atoms with van der Waals surface area (Å²) in [5.74, 6) is 0.181. The Kier molecular flexibility index (Phi) is 6.77. The maximum atomic E-state index is 12.8. The zero-order chi connectivity index (χ0) is 24.9. The van der Waals surface area contributed by atoms with Crippen molar-refractivity contribution >= 4 is 28.3 Å². The van der Waals surface area contributed by atoms with E-state index in [1.165, 1.54) is 21.3 Å². The predicted octanol–water partition coefficient (Wildman–Crippen LogP) is 3.57. The highest BCUT2D eigenvalue weighted by atomic mass is 16.5. The minimum absolute atomic E-state index is 0.360. The van der Waals surface area contributed by atoms with Gasteiger partial charge in [-0.1, -0.05) is 18.2 Å². The summed E-state index contributed by atoms with van der Waals surface area (Å²) in [6.07, 6.45) is 0.437. The Hall–Kier alpha value is -4.66. The van der Waals surface area contributed by atoms with Gasteiger partial charge in [0.1, 0.15) is 0 Å². The topological polar surface area (TPSA) is 120 Å². The first-order valence-electron chi connectivity index (χ1n) is 10.7. The number of hydrogen-bond acceptors (Lipinski definition) is 7. The Bertz CT molecular complexity index is 1460. The van der Waals surface area contributed by atoms with E-state index in [2.05, 4.69) is 15.5 Å². The molecular weight excluding hydrogens is 450 g/mol. The summed E-state index contributed by atoms with van der Waals surface area (Å²) in [5, 5.41) is 10.6. The van der Waals surface area contributed by atoms with Crippen molar-refractivity contribution in [3.05, 3.63) is 93.4 Å². The van der Waals surface area contributed by atoms with Gasteiger partial charge in [-0.25, -0.2) is 9.89 Å². The fourth-order valence-corrected chi connectivity index (χ4v) is 3.69. The highest BCUT2D eigenvalue weighted by Crippen LogP contribution is 2.28. The molecule has 0 aliphatic rings. The molecule has 178 valence electrons. The molecule has 3 aromatic carbocycles. The molecule has 9 nitrogen and oxygen atoms in total. The van der Waals surface area contributed by atoms with Gasteiger partial charge in [0.2, 0.25) is 0 Å². The fraction of sp³-hybridized carbons (Fsp3) is 0.154. The zero-order valence-electron chi connectivity index (χ0n) is 19.4. The SMILES string of the molecule is COC(=O)c1ccc(Cc2n[nH]c(=O)c3cc(NC(=O)c4ccc(OC)c(OC)c4)ccc23)cc1. The van der Waals surface area contributed by atoms with E-state index in [0.717, 1.165) is 5.56 Å². The molecule has 1 heterocycles. The molecule has 4 aromatic rings. The lowest BCUT2D eigenvalue weighted by Crippen LogP contribution is -2.14. The molecule has 0 aliphatic carbocycles. The van der Waals surface area contributed by atoms with Crippen molar-refractivity contribution in [3.63, 3.8) is 0 Å². The number of carbonyl (C=O) groups excluding carboxylic acids is 2. The first kappa shape index (κ1) is 23.5. The average Bonchev–Trinajstić information content (AvgIpc) is 2.89. The van der Waals surface area contributed by atoms with Gasteiger partial charge in [-0.3, -0.25) is 9.59 Å². The second-order valence-corrected chi connectivity index (χ2v) is 7.65. The first-order chi connectivity index (χ1) is 16.9. The highest BCUT2D eigenvalue weighted by molar-refractivity contribution is 6.05. The quantitative estimate of drug-likeness (QED) is 0.394. The molecule has 0 saturated carbocycles. The van der Waals surface area contributed by atoms with Gasteiger partial charge in [0.25, 0.3) is 11.5 Å². The van der Waals surface area contributed by atoms with E-state index >= 15 is 0 Å². The number of nitrogens with zero attached hydrogens (tertiary/aromatic N) is 1. The van der Waals surface area contributed by atoms with Crippen LogP contribution in [0.5, 0.6) is 11.5 Å². The maximum Gasteiger partial charge on any atom is 0.337 e. The van der Waals surface area contributed by atoms with Crippen LogP contribution in [0, 0.1) is 0 Å². The van der Waals surface area contributed by atoms with Crippen LogP contribution in [0.3, 0.4) is 0 Å². The predicted molar refractivity (Wildman–Crippen MR) is 130 cm³/mol. The Morgan fingerprint density at radius 1 is 0.857 bits per heavy atom. The van der Waals surface area contributed by atoms with Gasteiger partial charge in [0.05, 0.1) is 38.0 Å². The third-order valence-electron chi connectivity index (χ3n) is 5.52. The standard InChI is InChI=1S/C26H23N3O6/c1-33-22-11-8-17(13-23(22)34-2)24(30)27-18-9-10-19-20(14-18)25(31)29-28-21(19)12-15-4-6-16(7-5-15)26(32)35-3/h4-11,13-14H,12H2,1-3H3,(H,27,30)(H,29,31). The first-order valence-corrected chi connectivity index (χ1v) is 10.7. The van der Waals surface area contributed by atoms with Gasteiger partial charge in [0, 0.05) is 23.1 Å². The number of methoxy groups -OCH3 is 3. The Labute approximate surface area is 200 Å². The zero-order valence-corrected chi connectivity index (χ0v) is 19.4. The molecular formula is C26H23N3O6. The van der Waals surface area contributed by atoms with Crippen LogP contribution in [0.25, 0.3) is 10.8 Å². The molecule has 1 amide bonds. The van der Waals surface area contributed by atoms with Crippen LogP contribution >= 0.6 is 0 Å². The molecule has 35 heavy (non-hydrogen) atoms. The largest absolute Gasteiger partial charge is 0.493 e. The number of esters is 1. The van der Waals surface area contributed by atoms with Crippen LogP contribution in [0.1, 0.15) is 32.0 Å². The molecule has 4 rings (SSSR count). The third kappa shape index (κ3) is 4.98. The average molecular weight is 473 g/mol. The summed E-state index contributed by atoms with van der Waals surface area (Å²) in [5.41, 5.74) is 2.48. The van der Waals surface area contributed by atoms with Gasteiger partial charge >= 0.3 is 5.97 Å². The van der Waals surface area contributed by atoms with Gasteiger partial charge in [-0.15, -0.1) is 0 Å². The summed E-state index contributed by atoms with van der Waals surface area (Å²) in [7, 11) is 4.34. The number of hydrogen-bond donors (Lipinski definition) is 2. The highest BCUT2D eigenvalue weighted by Gasteiger charge is 2.14. The van der Waals surface area contributed by atoms with Crippen molar-refractivity contribution in [1.82, 2.24) is 10.2 Å². The molecule has 0 radical (unpaired) electrons. The van der Waals surface area contributed by atoms with E-state index < -0.39 is 5.97 Å². The third-order valence-corrected chi connectivity index (χ3v) is 5.52. The number of amides is 1. The van der Waals surface area contributed by atoms with Crippen LogP contribution in [0.15, 0.2) is 65.5 Å². The van der Waals surface area contributed by atoms with E-state index in [1.807, 2.05) is 12.1 Å². The molecule has 0 bridgehead atoms. The van der Waals surface area contributed by atoms with Crippen molar-refractivity contribution in [2.24, 2.45) is 0 Å². The summed E-state index contributed by atoms with van der Waals surface area (Å²) < 4.78 is 15.2. The van der Waals surface area contributed by atoms with E-state index in [1.54, 1.807) is 48.5 Å². The lowest BCUT2D eigenvalue weighted by molar-refractivity contribution is 0.0600. The van der Waals surface area contributed by atoms with Crippen molar-refractivity contribution in [1.29, 1.82) is 0 Å². The van der Waals surface area contributed by atoms with Gasteiger partial charge in [-0.05, 0) is 48.0 Å². The number of H-pyrrole nitrogens is 1. The number of fused-ring (bicyclic) bond motifs is 1. The molecule has 2 N–H and O–H groups in total. The number of ether oxygens (including phenoxy) is 3. The van der Waals surface area contributed by atoms with E-state index in [-0.39, 0.29) is 11.5 Å². The molecule has 9 heteroatoms. The summed E-state index contributed by atoms with van der Waals surface area (Å²) >= 11 is 0. The molecule has 0 fully saturated rings. The second-order valence-electron chi connectivity index (χ2n) is 7.65. The van der Waals surface area contributed by atoms with Crippen LogP contribution in [0.4, 0.5) is 5.69 Å². The normalized spacial score (nSPS) is 10.6. The minimum atomic E-state index is -0.410. The van der Waals surface area contributed by atoms with Gasteiger partial charge in [0.15, 0.2) is 11.5 Å². The smallest absolute Gasteiger partial charge is 0.337 e. The number of aromatic amines is 1. The Morgan fingerprint density at radius 2 is 1.57 bits per heavy atom. The fourth-order valence-electron chi connectivity index (χ4n) is 3.69. The summed E-state index contributed by atoms with van der Waals surface area (Å²) in [6.45, 7) is 0. The van der Waals surface area contributed by atoms with E-state index in [9.17, 15) is 14.4 Å². The van der Waals surface area contributed by atoms with Crippen LogP contribution in [0.2, 0.25) is 0 Å². The minimum Gasteiger partial charge on any atom is -0.493 e. The van der Waals surface area contributed by atoms with E-state index in [4.69, 9.17) is 14.2 Å². The lowest BCUT2D eigenvalue weighted by atomic mass is 10.0. The summed E-state index contributed by atoms with van der Waals surface area (Å²) in [6, 6.07) is 16.9. The molecule has 0 atom stereocenters. The number of benzene rings is 3. The van der Waals surface area contributed by atoms with Crippen molar-refractivity contribution < 1.29 is 23.8 Å². The van der Waals surface area contributed by atoms with Gasteiger partial charge in [-0.2, -0.15) is 5.10 Å². The Morgan fingerprint density at radius 3 is 2.26 bits per heavy atom. The van der Waals surface area contributed by atoms with Crippen LogP contribution in [-0.4, -0.2) is 43.4 Å².